The van der Waals surface area contributed by atoms with Crippen molar-refractivity contribution in [1.82, 2.24) is 10.3 Å². The standard InChI is InChI=1S/C26H25FN2O4/c27-21-14-18(5-7-22(21)33-20-4-3-11-28-17-20)16-29-25(30)26(9-1-2-10-26)19-6-8-23-24(15-19)32-13-12-31-23/h3-8,11,14-15,17H,1-2,9-10,12-13,16H2,(H,29,30). The van der Waals surface area contributed by atoms with Gasteiger partial charge in [0.05, 0.1) is 11.6 Å². The maximum absolute atomic E-state index is 14.6. The maximum atomic E-state index is 14.6. The number of pyridine rings is 1. The summed E-state index contributed by atoms with van der Waals surface area (Å²) in [5, 5.41) is 3.03. The molecule has 0 unspecified atom stereocenters. The van der Waals surface area contributed by atoms with Gasteiger partial charge in [-0.2, -0.15) is 0 Å². The third-order valence-electron chi connectivity index (χ3n) is 6.30. The highest BCUT2D eigenvalue weighted by Gasteiger charge is 2.43. The van der Waals surface area contributed by atoms with Crippen LogP contribution in [-0.4, -0.2) is 24.1 Å². The molecule has 7 heteroatoms. The number of carbonyl (C=O) groups excluding carboxylic acids is 1. The molecule has 0 spiro atoms. The van der Waals surface area contributed by atoms with Gasteiger partial charge in [0.15, 0.2) is 23.1 Å². The molecule has 5 rings (SSSR count). The number of nitrogens with one attached hydrogen (secondary N) is 1. The molecule has 1 saturated carbocycles. The number of hydrogen-bond acceptors (Lipinski definition) is 5. The van der Waals surface area contributed by atoms with Crippen LogP contribution in [0, 0.1) is 5.82 Å². The van der Waals surface area contributed by atoms with Crippen LogP contribution >= 0.6 is 0 Å². The lowest BCUT2D eigenvalue weighted by atomic mass is 9.77. The van der Waals surface area contributed by atoms with Crippen molar-refractivity contribution in [3.05, 3.63) is 77.9 Å². The average molecular weight is 448 g/mol. The van der Waals surface area contributed by atoms with Gasteiger partial charge in [0, 0.05) is 12.7 Å². The Hall–Kier alpha value is -3.61. The third-order valence-corrected chi connectivity index (χ3v) is 6.30. The molecule has 0 radical (unpaired) electrons. The van der Waals surface area contributed by atoms with E-state index in [0.717, 1.165) is 31.2 Å². The Kier molecular flexibility index (Phi) is 5.86. The van der Waals surface area contributed by atoms with E-state index < -0.39 is 11.2 Å². The van der Waals surface area contributed by atoms with Crippen LogP contribution in [-0.2, 0) is 16.8 Å². The van der Waals surface area contributed by atoms with Gasteiger partial charge >= 0.3 is 0 Å². The van der Waals surface area contributed by atoms with Crippen LogP contribution in [0.1, 0.15) is 36.8 Å². The summed E-state index contributed by atoms with van der Waals surface area (Å²) < 4.78 is 31.5. The second-order valence-corrected chi connectivity index (χ2v) is 8.39. The van der Waals surface area contributed by atoms with Crippen LogP contribution in [0.5, 0.6) is 23.0 Å². The van der Waals surface area contributed by atoms with Gasteiger partial charge in [-0.25, -0.2) is 4.39 Å². The molecule has 1 fully saturated rings. The first kappa shape index (κ1) is 21.2. The minimum Gasteiger partial charge on any atom is -0.486 e. The van der Waals surface area contributed by atoms with Crippen molar-refractivity contribution in [2.45, 2.75) is 37.6 Å². The first-order valence-corrected chi connectivity index (χ1v) is 11.2. The van der Waals surface area contributed by atoms with E-state index in [1.54, 1.807) is 30.5 Å². The highest BCUT2D eigenvalue weighted by Crippen LogP contribution is 2.44. The summed E-state index contributed by atoms with van der Waals surface area (Å²) in [6.45, 7) is 1.26. The largest absolute Gasteiger partial charge is 0.486 e. The molecule has 2 aromatic carbocycles. The summed E-state index contributed by atoms with van der Waals surface area (Å²) in [5.41, 5.74) is 0.987. The molecule has 0 saturated heterocycles. The zero-order valence-electron chi connectivity index (χ0n) is 18.2. The smallest absolute Gasteiger partial charge is 0.230 e. The van der Waals surface area contributed by atoms with Gasteiger partial charge < -0.3 is 19.5 Å². The van der Waals surface area contributed by atoms with Gasteiger partial charge in [0.1, 0.15) is 19.0 Å². The van der Waals surface area contributed by atoms with Crippen LogP contribution in [0.25, 0.3) is 0 Å². The number of benzene rings is 2. The molecule has 2 heterocycles. The topological polar surface area (TPSA) is 69.7 Å². The number of fused-ring (bicyclic) bond motifs is 1. The Labute approximate surface area is 191 Å². The molecule has 170 valence electrons. The number of halogens is 1. The molecular weight excluding hydrogens is 423 g/mol. The van der Waals surface area contributed by atoms with Gasteiger partial charge in [-0.3, -0.25) is 9.78 Å². The Bertz CT molecular complexity index is 1150. The number of amides is 1. The van der Waals surface area contributed by atoms with E-state index in [-0.39, 0.29) is 18.2 Å². The first-order chi connectivity index (χ1) is 16.1. The van der Waals surface area contributed by atoms with E-state index in [2.05, 4.69) is 10.3 Å². The molecule has 33 heavy (non-hydrogen) atoms. The molecule has 0 atom stereocenters. The van der Waals surface area contributed by atoms with Gasteiger partial charge in [0.2, 0.25) is 5.91 Å². The van der Waals surface area contributed by atoms with E-state index in [1.165, 1.54) is 12.3 Å². The quantitative estimate of drug-likeness (QED) is 0.580. The normalized spacial score (nSPS) is 16.3. The summed E-state index contributed by atoms with van der Waals surface area (Å²) in [7, 11) is 0. The van der Waals surface area contributed by atoms with E-state index >= 15 is 0 Å². The average Bonchev–Trinajstić information content (AvgIpc) is 3.36. The van der Waals surface area contributed by atoms with Gasteiger partial charge in [0.25, 0.3) is 0 Å². The second-order valence-electron chi connectivity index (χ2n) is 8.39. The summed E-state index contributed by atoms with van der Waals surface area (Å²) >= 11 is 0. The van der Waals surface area contributed by atoms with Crippen LogP contribution in [0.15, 0.2) is 60.9 Å². The van der Waals surface area contributed by atoms with Crippen molar-refractivity contribution in [3.8, 4) is 23.0 Å². The van der Waals surface area contributed by atoms with Crippen molar-refractivity contribution in [2.24, 2.45) is 0 Å². The highest BCUT2D eigenvalue weighted by atomic mass is 19.1. The SMILES string of the molecule is O=C(NCc1ccc(Oc2cccnc2)c(F)c1)C1(c2ccc3c(c2)OCCO3)CCCC1. The van der Waals surface area contributed by atoms with Crippen molar-refractivity contribution < 1.29 is 23.4 Å². The number of ether oxygens (including phenoxy) is 3. The minimum atomic E-state index is -0.613. The lowest BCUT2D eigenvalue weighted by Crippen LogP contribution is -2.42. The van der Waals surface area contributed by atoms with E-state index in [1.807, 2.05) is 18.2 Å². The zero-order valence-corrected chi connectivity index (χ0v) is 18.2. The first-order valence-electron chi connectivity index (χ1n) is 11.2. The molecule has 1 N–H and O–H groups in total. The fourth-order valence-electron chi connectivity index (χ4n) is 4.59. The lowest BCUT2D eigenvalue weighted by Gasteiger charge is -2.30. The highest BCUT2D eigenvalue weighted by molar-refractivity contribution is 5.88. The molecular formula is C26H25FN2O4. The molecule has 6 nitrogen and oxygen atoms in total. The predicted octanol–water partition coefficient (Wildman–Crippen LogP) is 4.91. The number of aromatic nitrogens is 1. The molecule has 2 aliphatic rings. The van der Waals surface area contributed by atoms with Gasteiger partial charge in [-0.05, 0) is 60.4 Å². The number of carbonyl (C=O) groups is 1. The molecule has 1 aliphatic heterocycles. The van der Waals surface area contributed by atoms with E-state index in [0.29, 0.717) is 36.0 Å². The van der Waals surface area contributed by atoms with E-state index in [9.17, 15) is 9.18 Å². The number of hydrogen-bond donors (Lipinski definition) is 1. The number of nitrogens with zero attached hydrogens (tertiary/aromatic N) is 1. The predicted molar refractivity (Wildman–Crippen MR) is 120 cm³/mol. The Balaban J connectivity index is 1.29. The van der Waals surface area contributed by atoms with Gasteiger partial charge in [-0.15, -0.1) is 0 Å². The molecule has 1 aliphatic carbocycles. The Morgan fingerprint density at radius 1 is 1.06 bits per heavy atom. The molecule has 0 bridgehead atoms. The molecule has 1 amide bonds. The van der Waals surface area contributed by atoms with Crippen LogP contribution < -0.4 is 19.5 Å². The summed E-state index contributed by atoms with van der Waals surface area (Å²) in [6, 6.07) is 13.9. The lowest BCUT2D eigenvalue weighted by molar-refractivity contribution is -0.126. The van der Waals surface area contributed by atoms with Crippen molar-refractivity contribution in [2.75, 3.05) is 13.2 Å². The third kappa shape index (κ3) is 4.35. The summed E-state index contributed by atoms with van der Waals surface area (Å²) in [6.07, 6.45) is 6.65. The van der Waals surface area contributed by atoms with Gasteiger partial charge in [-0.1, -0.05) is 25.0 Å². The fourth-order valence-corrected chi connectivity index (χ4v) is 4.59. The number of rotatable bonds is 6. The summed E-state index contributed by atoms with van der Waals surface area (Å²) in [5.74, 6) is 1.43. The van der Waals surface area contributed by atoms with Crippen LogP contribution in [0.4, 0.5) is 4.39 Å². The monoisotopic (exact) mass is 448 g/mol. The summed E-state index contributed by atoms with van der Waals surface area (Å²) in [4.78, 5) is 17.4. The molecule has 3 aromatic rings. The maximum Gasteiger partial charge on any atom is 0.230 e. The Morgan fingerprint density at radius 2 is 1.88 bits per heavy atom. The van der Waals surface area contributed by atoms with Crippen molar-refractivity contribution in [3.63, 3.8) is 0 Å². The van der Waals surface area contributed by atoms with Crippen LogP contribution in [0.3, 0.4) is 0 Å². The zero-order chi connectivity index (χ0) is 22.7. The second kappa shape index (κ2) is 9.10. The van der Waals surface area contributed by atoms with E-state index in [4.69, 9.17) is 14.2 Å². The molecule has 1 aromatic heterocycles. The minimum absolute atomic E-state index is 0.0484. The van der Waals surface area contributed by atoms with Crippen molar-refractivity contribution >= 4 is 5.91 Å². The fraction of sp³-hybridized carbons (Fsp3) is 0.308. The van der Waals surface area contributed by atoms with Crippen LogP contribution in [0.2, 0.25) is 0 Å². The van der Waals surface area contributed by atoms with Crippen molar-refractivity contribution in [1.29, 1.82) is 0 Å². The Morgan fingerprint density at radius 3 is 2.64 bits per heavy atom.